The third-order valence-corrected chi connectivity index (χ3v) is 1.33. The summed E-state index contributed by atoms with van der Waals surface area (Å²) in [5.41, 5.74) is 6.82. The molecule has 0 aromatic rings. The lowest BCUT2D eigenvalue weighted by Crippen LogP contribution is -1.97. The van der Waals surface area contributed by atoms with E-state index in [1.807, 2.05) is 0 Å². The Hall–Kier alpha value is -0.300. The fraction of sp³-hybridized carbons (Fsp3) is 0.750. The number of rotatable bonds is 4. The first kappa shape index (κ1) is 8.70. The molecule has 2 N–H and O–H groups in total. The van der Waals surface area contributed by atoms with Crippen molar-refractivity contribution in [3.8, 4) is 0 Å². The lowest BCUT2D eigenvalue weighted by Gasteiger charge is -1.96. The van der Waals surface area contributed by atoms with Crippen LogP contribution in [0.15, 0.2) is 11.6 Å². The van der Waals surface area contributed by atoms with Gasteiger partial charge in [0.1, 0.15) is 0 Å². The van der Waals surface area contributed by atoms with Crippen LogP contribution in [0.25, 0.3) is 0 Å². The van der Waals surface area contributed by atoms with Crippen molar-refractivity contribution in [1.29, 1.82) is 0 Å². The zero-order valence-electron chi connectivity index (χ0n) is 6.48. The van der Waals surface area contributed by atoms with E-state index >= 15 is 0 Å². The first-order valence-corrected chi connectivity index (χ1v) is 3.67. The van der Waals surface area contributed by atoms with Crippen molar-refractivity contribution in [3.63, 3.8) is 0 Å². The summed E-state index contributed by atoms with van der Waals surface area (Å²) >= 11 is 0. The molecular weight excluding hydrogens is 110 g/mol. The van der Waals surface area contributed by atoms with Gasteiger partial charge >= 0.3 is 0 Å². The van der Waals surface area contributed by atoms with E-state index in [0.29, 0.717) is 0 Å². The largest absolute Gasteiger partial charge is 0.330 e. The molecule has 1 nitrogen and oxygen atoms in total. The summed E-state index contributed by atoms with van der Waals surface area (Å²) < 4.78 is 0. The minimum Gasteiger partial charge on any atom is -0.330 e. The average Bonchev–Trinajstić information content (AvgIpc) is 1.85. The Balaban J connectivity index is 3.25. The Morgan fingerprint density at radius 2 is 2.22 bits per heavy atom. The second kappa shape index (κ2) is 5.83. The first-order chi connectivity index (χ1) is 4.31. The summed E-state index contributed by atoms with van der Waals surface area (Å²) in [6.45, 7) is 5.14. The van der Waals surface area contributed by atoms with Crippen LogP contribution in [0.1, 0.15) is 33.1 Å². The van der Waals surface area contributed by atoms with E-state index in [1.165, 1.54) is 12.0 Å². The molecule has 1 heteroatoms. The van der Waals surface area contributed by atoms with Crippen molar-refractivity contribution >= 4 is 0 Å². The van der Waals surface area contributed by atoms with Crippen LogP contribution in [0.4, 0.5) is 0 Å². The van der Waals surface area contributed by atoms with Crippen LogP contribution in [-0.4, -0.2) is 6.54 Å². The normalized spacial score (nSPS) is 12.1. The molecule has 0 heterocycles. The third-order valence-electron chi connectivity index (χ3n) is 1.33. The maximum Gasteiger partial charge on any atom is -0.00742 e. The third kappa shape index (κ3) is 5.57. The zero-order valence-corrected chi connectivity index (χ0v) is 6.48. The van der Waals surface area contributed by atoms with Crippen LogP contribution in [-0.2, 0) is 0 Å². The topological polar surface area (TPSA) is 26.0 Å². The van der Waals surface area contributed by atoms with Gasteiger partial charge in [-0.2, -0.15) is 0 Å². The predicted molar refractivity (Wildman–Crippen MR) is 42.3 cm³/mol. The van der Waals surface area contributed by atoms with Crippen LogP contribution in [0, 0.1) is 0 Å². The standard InChI is InChI=1S/C8H17N/c1-3-5-8(2)6-4-7-9/h5H,3-4,6-7,9H2,1-2H3/b8-5+. The van der Waals surface area contributed by atoms with Crippen LogP contribution in [0.3, 0.4) is 0 Å². The molecule has 9 heavy (non-hydrogen) atoms. The van der Waals surface area contributed by atoms with Crippen molar-refractivity contribution < 1.29 is 0 Å². The van der Waals surface area contributed by atoms with Crippen molar-refractivity contribution in [2.24, 2.45) is 5.73 Å². The molecule has 0 saturated carbocycles. The van der Waals surface area contributed by atoms with Gasteiger partial charge in [-0.1, -0.05) is 18.6 Å². The fourth-order valence-electron chi connectivity index (χ4n) is 0.831. The van der Waals surface area contributed by atoms with Gasteiger partial charge in [0.15, 0.2) is 0 Å². The van der Waals surface area contributed by atoms with Gasteiger partial charge in [-0.15, -0.1) is 0 Å². The Bertz CT molecular complexity index is 84.6. The summed E-state index contributed by atoms with van der Waals surface area (Å²) in [4.78, 5) is 0. The highest BCUT2D eigenvalue weighted by atomic mass is 14.5. The molecule has 0 fully saturated rings. The molecule has 0 aromatic heterocycles. The predicted octanol–water partition coefficient (Wildman–Crippen LogP) is 2.08. The molecule has 0 atom stereocenters. The summed E-state index contributed by atoms with van der Waals surface area (Å²) in [6.07, 6.45) is 5.71. The second-order valence-electron chi connectivity index (χ2n) is 2.35. The van der Waals surface area contributed by atoms with Gasteiger partial charge in [-0.25, -0.2) is 0 Å². The average molecular weight is 127 g/mol. The molecule has 54 valence electrons. The monoisotopic (exact) mass is 127 g/mol. The molecule has 0 bridgehead atoms. The van der Waals surface area contributed by atoms with Crippen molar-refractivity contribution in [1.82, 2.24) is 0 Å². The minimum atomic E-state index is 0.814. The van der Waals surface area contributed by atoms with Gasteiger partial charge in [0.05, 0.1) is 0 Å². The van der Waals surface area contributed by atoms with E-state index < -0.39 is 0 Å². The van der Waals surface area contributed by atoms with Gasteiger partial charge in [-0.3, -0.25) is 0 Å². The number of allylic oxidation sites excluding steroid dienone is 2. The van der Waals surface area contributed by atoms with Crippen LogP contribution >= 0.6 is 0 Å². The van der Waals surface area contributed by atoms with Crippen LogP contribution < -0.4 is 5.73 Å². The number of hydrogen-bond acceptors (Lipinski definition) is 1. The first-order valence-electron chi connectivity index (χ1n) is 3.67. The van der Waals surface area contributed by atoms with Gasteiger partial charge < -0.3 is 5.73 Å². The summed E-state index contributed by atoms with van der Waals surface area (Å²) in [5.74, 6) is 0. The molecule has 0 saturated heterocycles. The highest BCUT2D eigenvalue weighted by Gasteiger charge is 1.85. The molecule has 0 aliphatic carbocycles. The quantitative estimate of drug-likeness (QED) is 0.575. The maximum absolute atomic E-state index is 5.35. The lowest BCUT2D eigenvalue weighted by molar-refractivity contribution is 0.819. The Kier molecular flexibility index (Phi) is 5.64. The molecule has 0 unspecified atom stereocenters. The fourth-order valence-corrected chi connectivity index (χ4v) is 0.831. The van der Waals surface area contributed by atoms with E-state index in [9.17, 15) is 0 Å². The molecular formula is C8H17N. The van der Waals surface area contributed by atoms with Crippen molar-refractivity contribution in [2.45, 2.75) is 33.1 Å². The molecule has 0 rings (SSSR count). The van der Waals surface area contributed by atoms with Crippen molar-refractivity contribution in [3.05, 3.63) is 11.6 Å². The van der Waals surface area contributed by atoms with E-state index in [-0.39, 0.29) is 0 Å². The molecule has 0 spiro atoms. The smallest absolute Gasteiger partial charge is 0.00742 e. The summed E-state index contributed by atoms with van der Waals surface area (Å²) in [6, 6.07) is 0. The molecule has 0 amide bonds. The highest BCUT2D eigenvalue weighted by molar-refractivity contribution is 4.96. The van der Waals surface area contributed by atoms with E-state index in [1.54, 1.807) is 0 Å². The molecule has 0 aromatic carbocycles. The Morgan fingerprint density at radius 1 is 1.56 bits per heavy atom. The van der Waals surface area contributed by atoms with E-state index in [0.717, 1.165) is 19.4 Å². The van der Waals surface area contributed by atoms with Gasteiger partial charge in [0.2, 0.25) is 0 Å². The van der Waals surface area contributed by atoms with Crippen molar-refractivity contribution in [2.75, 3.05) is 6.54 Å². The second-order valence-corrected chi connectivity index (χ2v) is 2.35. The summed E-state index contributed by atoms with van der Waals surface area (Å²) in [7, 11) is 0. The van der Waals surface area contributed by atoms with Gasteiger partial charge in [-0.05, 0) is 32.7 Å². The van der Waals surface area contributed by atoms with E-state index in [2.05, 4.69) is 19.9 Å². The summed E-state index contributed by atoms with van der Waals surface area (Å²) in [5, 5.41) is 0. The molecule has 0 radical (unpaired) electrons. The molecule has 0 aliphatic rings. The van der Waals surface area contributed by atoms with Crippen LogP contribution in [0.2, 0.25) is 0 Å². The highest BCUT2D eigenvalue weighted by Crippen LogP contribution is 2.02. The SMILES string of the molecule is CC/C=C(\C)CCCN. The Morgan fingerprint density at radius 3 is 2.67 bits per heavy atom. The lowest BCUT2D eigenvalue weighted by atomic mass is 10.1. The number of nitrogens with two attached hydrogens (primary N) is 1. The zero-order chi connectivity index (χ0) is 7.11. The molecule has 0 aliphatic heterocycles. The van der Waals surface area contributed by atoms with Gasteiger partial charge in [0, 0.05) is 0 Å². The van der Waals surface area contributed by atoms with Crippen LogP contribution in [0.5, 0.6) is 0 Å². The maximum atomic E-state index is 5.35. The van der Waals surface area contributed by atoms with E-state index in [4.69, 9.17) is 5.73 Å². The van der Waals surface area contributed by atoms with Gasteiger partial charge in [0.25, 0.3) is 0 Å². The Labute approximate surface area is 57.9 Å². The minimum absolute atomic E-state index is 0.814. The number of hydrogen-bond donors (Lipinski definition) is 1.